The summed E-state index contributed by atoms with van der Waals surface area (Å²) in [6.07, 6.45) is 0. The van der Waals surface area contributed by atoms with Crippen molar-refractivity contribution in [2.75, 3.05) is 0 Å². The van der Waals surface area contributed by atoms with E-state index in [1.54, 1.807) is 12.1 Å². The van der Waals surface area contributed by atoms with Gasteiger partial charge >= 0.3 is 5.63 Å². The molecule has 1 aromatic heterocycles. The molecule has 0 fully saturated rings. The number of fused-ring (bicyclic) bond motifs is 1. The quantitative estimate of drug-likeness (QED) is 0.499. The van der Waals surface area contributed by atoms with Gasteiger partial charge in [0.1, 0.15) is 5.58 Å². The average Bonchev–Trinajstić information content (AvgIpc) is 2.16. The minimum absolute atomic E-state index is 0.302. The number of hydrogen-bond donors (Lipinski definition) is 2. The van der Waals surface area contributed by atoms with Gasteiger partial charge in [-0.1, -0.05) is 18.2 Å². The number of hydrogen-bond acceptors (Lipinski definition) is 4. The maximum atomic E-state index is 10.7. The smallest absolute Gasteiger partial charge is 0.336 e. The lowest BCUT2D eigenvalue weighted by Gasteiger charge is -1.91. The van der Waals surface area contributed by atoms with E-state index < -0.39 is 10.9 Å². The van der Waals surface area contributed by atoms with Crippen LogP contribution in [0.1, 0.15) is 0 Å². The molecule has 6 heteroatoms. The van der Waals surface area contributed by atoms with Gasteiger partial charge in [-0.25, -0.2) is 18.4 Å². The minimum atomic E-state index is -2.62. The molecule has 0 atom stereocenters. The summed E-state index contributed by atoms with van der Waals surface area (Å²) in [5.41, 5.74) is 0.337. The monoisotopic (exact) mass is 227 g/mol. The van der Waals surface area contributed by atoms with E-state index in [1.165, 1.54) is 6.07 Å². The lowest BCUT2D eigenvalue weighted by molar-refractivity contribution is 0.561. The Bertz CT molecular complexity index is 565. The van der Waals surface area contributed by atoms with Crippen LogP contribution in [0, 0.1) is 0 Å². The van der Waals surface area contributed by atoms with Crippen LogP contribution in [-0.4, -0.2) is 8.42 Å². The number of rotatable bonds is 0. The van der Waals surface area contributed by atoms with Crippen LogP contribution in [0.5, 0.6) is 0 Å². The van der Waals surface area contributed by atoms with E-state index in [-0.39, 0.29) is 5.63 Å². The fourth-order valence-corrected chi connectivity index (χ4v) is 1.01. The Hall–Kier alpha value is -1.66. The average molecular weight is 227 g/mol. The van der Waals surface area contributed by atoms with Crippen molar-refractivity contribution in [2.45, 2.75) is 0 Å². The summed E-state index contributed by atoms with van der Waals surface area (Å²) in [6.45, 7) is 0. The standard InChI is InChI=1S/C9H6O2.H3NO2S/c10-9-6-5-7-3-1-2-4-8(7)11-9;1-4(2)3/h1-6H;4H,(H2,1,2,3). The Balaban J connectivity index is 0.000000245. The summed E-state index contributed by atoms with van der Waals surface area (Å²) >= 11 is 0. The fraction of sp³-hybridized carbons (Fsp3) is 0. The molecule has 2 N–H and O–H groups in total. The van der Waals surface area contributed by atoms with Gasteiger partial charge in [0, 0.05) is 11.5 Å². The SMILES string of the molecule is N[SH](=O)=O.O=c1ccc2ccccc2o1. The molecule has 0 unspecified atom stereocenters. The summed E-state index contributed by atoms with van der Waals surface area (Å²) in [5, 5.41) is 5.02. The molecule has 2 aromatic rings. The summed E-state index contributed by atoms with van der Waals surface area (Å²) in [6, 6.07) is 10.6. The van der Waals surface area contributed by atoms with E-state index in [2.05, 4.69) is 5.14 Å². The van der Waals surface area contributed by atoms with E-state index in [4.69, 9.17) is 12.8 Å². The van der Waals surface area contributed by atoms with Gasteiger partial charge in [0.25, 0.3) is 0 Å². The Morgan fingerprint density at radius 2 is 1.67 bits per heavy atom. The molecule has 0 aliphatic rings. The largest absolute Gasteiger partial charge is 0.423 e. The zero-order chi connectivity index (χ0) is 11.3. The van der Waals surface area contributed by atoms with Crippen molar-refractivity contribution >= 4 is 21.9 Å². The van der Waals surface area contributed by atoms with Crippen LogP contribution >= 0.6 is 0 Å². The molecule has 0 bridgehead atoms. The number of thiol groups is 1. The van der Waals surface area contributed by atoms with Gasteiger partial charge in [-0.05, 0) is 12.1 Å². The second-order valence-electron chi connectivity index (χ2n) is 2.58. The highest BCUT2D eigenvalue weighted by molar-refractivity contribution is 7.69. The van der Waals surface area contributed by atoms with Gasteiger partial charge in [0.2, 0.25) is 0 Å². The van der Waals surface area contributed by atoms with Gasteiger partial charge in [-0.15, -0.1) is 0 Å². The molecule has 0 aliphatic heterocycles. The lowest BCUT2D eigenvalue weighted by atomic mass is 10.2. The van der Waals surface area contributed by atoms with E-state index in [0.29, 0.717) is 5.58 Å². The molecular formula is C9H9NO4S. The molecule has 0 spiro atoms. The molecule has 80 valence electrons. The van der Waals surface area contributed by atoms with Crippen molar-refractivity contribution < 1.29 is 12.8 Å². The first-order chi connectivity index (χ1) is 7.09. The van der Waals surface area contributed by atoms with Crippen LogP contribution < -0.4 is 10.8 Å². The maximum absolute atomic E-state index is 10.7. The van der Waals surface area contributed by atoms with Gasteiger partial charge in [0.05, 0.1) is 0 Å². The van der Waals surface area contributed by atoms with E-state index in [0.717, 1.165) is 5.39 Å². The highest BCUT2D eigenvalue weighted by atomic mass is 32.2. The van der Waals surface area contributed by atoms with Crippen molar-refractivity contribution in [3.8, 4) is 0 Å². The Kier molecular flexibility index (Phi) is 4.02. The van der Waals surface area contributed by atoms with E-state index in [9.17, 15) is 4.79 Å². The first-order valence-corrected chi connectivity index (χ1v) is 5.22. The molecule has 1 aromatic carbocycles. The van der Waals surface area contributed by atoms with Crippen molar-refractivity contribution in [3.05, 3.63) is 46.8 Å². The molecular weight excluding hydrogens is 218 g/mol. The van der Waals surface area contributed by atoms with E-state index >= 15 is 0 Å². The Labute approximate surface area is 87.2 Å². The second-order valence-corrected chi connectivity index (χ2v) is 3.15. The molecule has 15 heavy (non-hydrogen) atoms. The lowest BCUT2D eigenvalue weighted by Crippen LogP contribution is -1.93. The van der Waals surface area contributed by atoms with Crippen molar-refractivity contribution in [1.29, 1.82) is 0 Å². The topological polar surface area (TPSA) is 90.4 Å². The normalized spacial score (nSPS) is 9.73. The predicted octanol–water partition coefficient (Wildman–Crippen LogP) is 0.265. The number of benzene rings is 1. The molecule has 0 saturated carbocycles. The molecule has 0 radical (unpaired) electrons. The maximum Gasteiger partial charge on any atom is 0.336 e. The van der Waals surface area contributed by atoms with Crippen LogP contribution in [0.25, 0.3) is 11.0 Å². The third-order valence-electron chi connectivity index (χ3n) is 1.53. The molecule has 0 aliphatic carbocycles. The van der Waals surface area contributed by atoms with Gasteiger partial charge in [-0.3, -0.25) is 0 Å². The summed E-state index contributed by atoms with van der Waals surface area (Å²) in [4.78, 5) is 10.7. The first-order valence-electron chi connectivity index (χ1n) is 3.97. The molecule has 5 nitrogen and oxygen atoms in total. The van der Waals surface area contributed by atoms with Gasteiger partial charge in [-0.2, -0.15) is 0 Å². The highest BCUT2D eigenvalue weighted by Crippen LogP contribution is 2.08. The van der Waals surface area contributed by atoms with Crippen molar-refractivity contribution in [2.24, 2.45) is 5.14 Å². The summed E-state index contributed by atoms with van der Waals surface area (Å²) < 4.78 is 22.5. The van der Waals surface area contributed by atoms with Crippen LogP contribution in [0.2, 0.25) is 0 Å². The number of para-hydroxylation sites is 1. The zero-order valence-electron chi connectivity index (χ0n) is 7.62. The number of nitrogens with two attached hydrogens (primary N) is 1. The van der Waals surface area contributed by atoms with Crippen molar-refractivity contribution in [3.63, 3.8) is 0 Å². The van der Waals surface area contributed by atoms with E-state index in [1.807, 2.05) is 18.2 Å². The van der Waals surface area contributed by atoms with Gasteiger partial charge < -0.3 is 4.42 Å². The zero-order valence-corrected chi connectivity index (χ0v) is 8.52. The van der Waals surface area contributed by atoms with Crippen LogP contribution in [0.3, 0.4) is 0 Å². The molecule has 2 rings (SSSR count). The minimum Gasteiger partial charge on any atom is -0.423 e. The Morgan fingerprint density at radius 3 is 2.33 bits per heavy atom. The predicted molar refractivity (Wildman–Crippen MR) is 57.0 cm³/mol. The summed E-state index contributed by atoms with van der Waals surface area (Å²) in [5.74, 6) is 0. The first kappa shape index (κ1) is 11.4. The highest BCUT2D eigenvalue weighted by Gasteiger charge is 1.92. The molecule has 0 amide bonds. The molecule has 1 heterocycles. The third-order valence-corrected chi connectivity index (χ3v) is 1.53. The van der Waals surface area contributed by atoms with Crippen LogP contribution in [-0.2, 0) is 10.9 Å². The summed E-state index contributed by atoms with van der Waals surface area (Å²) in [7, 11) is -2.62. The van der Waals surface area contributed by atoms with Crippen molar-refractivity contribution in [1.82, 2.24) is 0 Å². The van der Waals surface area contributed by atoms with Crippen LogP contribution in [0.4, 0.5) is 0 Å². The third kappa shape index (κ3) is 3.92. The molecule has 0 saturated heterocycles. The van der Waals surface area contributed by atoms with Crippen LogP contribution in [0.15, 0.2) is 45.6 Å². The second kappa shape index (κ2) is 5.28. The van der Waals surface area contributed by atoms with Gasteiger partial charge in [0.15, 0.2) is 10.9 Å². The Morgan fingerprint density at radius 1 is 1.07 bits per heavy atom. The fourth-order valence-electron chi connectivity index (χ4n) is 1.01.